The molecule has 0 amide bonds. The summed E-state index contributed by atoms with van der Waals surface area (Å²) >= 11 is 1.68. The van der Waals surface area contributed by atoms with Gasteiger partial charge < -0.3 is 4.74 Å². The molecule has 0 unspecified atom stereocenters. The van der Waals surface area contributed by atoms with Gasteiger partial charge in [0.1, 0.15) is 0 Å². The predicted octanol–water partition coefficient (Wildman–Crippen LogP) is 3.99. The van der Waals surface area contributed by atoms with Gasteiger partial charge in [-0.15, -0.1) is 0 Å². The normalized spacial score (nSPS) is 11.5. The highest BCUT2D eigenvalue weighted by atomic mass is 32.2. The quantitative estimate of drug-likeness (QED) is 0.565. The predicted molar refractivity (Wildman–Crippen MR) is 105 cm³/mol. The standard InChI is InChI=1S/C20H21NO3S2/c22-26(23,21-14-17-4-2-1-3-5-17)20-8-6-18(7-9-20)15-24-12-10-19-11-13-25-16-19/h1-9,11,13,16,21H,10,12,14-15H2. The number of hydrogen-bond acceptors (Lipinski definition) is 4. The molecule has 1 N–H and O–H groups in total. The number of sulfonamides is 1. The van der Waals surface area contributed by atoms with Gasteiger partial charge in [-0.05, 0) is 52.1 Å². The van der Waals surface area contributed by atoms with Crippen LogP contribution in [0.2, 0.25) is 0 Å². The fourth-order valence-corrected chi connectivity index (χ4v) is 4.16. The molecule has 0 saturated heterocycles. The maximum Gasteiger partial charge on any atom is 0.240 e. The summed E-state index contributed by atoms with van der Waals surface area (Å²) < 4.78 is 33.0. The van der Waals surface area contributed by atoms with Gasteiger partial charge in [0, 0.05) is 6.54 Å². The first kappa shape index (κ1) is 18.8. The van der Waals surface area contributed by atoms with Crippen LogP contribution in [0.15, 0.2) is 76.3 Å². The third-order valence-electron chi connectivity index (χ3n) is 3.93. The van der Waals surface area contributed by atoms with Gasteiger partial charge in [0.15, 0.2) is 0 Å². The molecule has 1 aromatic heterocycles. The molecule has 0 aliphatic heterocycles. The molecule has 4 nitrogen and oxygen atoms in total. The molecule has 3 rings (SSSR count). The second kappa shape index (κ2) is 9.09. The average Bonchev–Trinajstić information content (AvgIpc) is 3.18. The number of ether oxygens (including phenoxy) is 1. The summed E-state index contributed by atoms with van der Waals surface area (Å²) in [7, 11) is -3.52. The van der Waals surface area contributed by atoms with Crippen molar-refractivity contribution in [3.05, 3.63) is 88.1 Å². The first-order valence-electron chi connectivity index (χ1n) is 8.35. The number of hydrogen-bond donors (Lipinski definition) is 1. The summed E-state index contributed by atoms with van der Waals surface area (Å²) in [4.78, 5) is 0.260. The Balaban J connectivity index is 1.49. The molecular weight excluding hydrogens is 366 g/mol. The van der Waals surface area contributed by atoms with E-state index in [4.69, 9.17) is 4.74 Å². The molecule has 0 aliphatic rings. The average molecular weight is 388 g/mol. The van der Waals surface area contributed by atoms with Crippen molar-refractivity contribution in [1.82, 2.24) is 4.72 Å². The van der Waals surface area contributed by atoms with Gasteiger partial charge >= 0.3 is 0 Å². The van der Waals surface area contributed by atoms with Crippen LogP contribution in [0.25, 0.3) is 0 Å². The summed E-state index contributed by atoms with van der Waals surface area (Å²) in [6.45, 7) is 1.40. The third-order valence-corrected chi connectivity index (χ3v) is 6.08. The van der Waals surface area contributed by atoms with E-state index < -0.39 is 10.0 Å². The lowest BCUT2D eigenvalue weighted by atomic mass is 10.2. The molecule has 136 valence electrons. The highest BCUT2D eigenvalue weighted by Gasteiger charge is 2.13. The fraction of sp³-hybridized carbons (Fsp3) is 0.200. The summed E-state index contributed by atoms with van der Waals surface area (Å²) in [5.41, 5.74) is 3.16. The molecule has 26 heavy (non-hydrogen) atoms. The van der Waals surface area contributed by atoms with Gasteiger partial charge in [-0.1, -0.05) is 42.5 Å². The molecule has 3 aromatic rings. The minimum absolute atomic E-state index is 0.260. The van der Waals surface area contributed by atoms with Crippen molar-refractivity contribution in [2.45, 2.75) is 24.5 Å². The van der Waals surface area contributed by atoms with E-state index >= 15 is 0 Å². The van der Waals surface area contributed by atoms with Crippen molar-refractivity contribution >= 4 is 21.4 Å². The zero-order valence-corrected chi connectivity index (χ0v) is 15.9. The Kier molecular flexibility index (Phi) is 6.57. The topological polar surface area (TPSA) is 55.4 Å². The van der Waals surface area contributed by atoms with Gasteiger partial charge in [0.25, 0.3) is 0 Å². The summed E-state index contributed by atoms with van der Waals surface area (Å²) in [5, 5.41) is 4.17. The summed E-state index contributed by atoms with van der Waals surface area (Å²) in [6.07, 6.45) is 0.888. The Labute approximate surface area is 158 Å². The van der Waals surface area contributed by atoms with E-state index in [1.54, 1.807) is 35.6 Å². The maximum atomic E-state index is 12.4. The van der Waals surface area contributed by atoms with E-state index in [2.05, 4.69) is 21.5 Å². The second-order valence-corrected chi connectivity index (χ2v) is 8.44. The van der Waals surface area contributed by atoms with E-state index in [-0.39, 0.29) is 11.4 Å². The van der Waals surface area contributed by atoms with E-state index in [1.165, 1.54) is 5.56 Å². The van der Waals surface area contributed by atoms with Gasteiger partial charge in [-0.2, -0.15) is 11.3 Å². The second-order valence-electron chi connectivity index (χ2n) is 5.89. The number of thiophene rings is 1. The van der Waals surface area contributed by atoms with Crippen LogP contribution in [0.5, 0.6) is 0 Å². The Morgan fingerprint density at radius 1 is 0.885 bits per heavy atom. The molecule has 0 atom stereocenters. The SMILES string of the molecule is O=S(=O)(NCc1ccccc1)c1ccc(COCCc2ccsc2)cc1. The van der Waals surface area contributed by atoms with Crippen LogP contribution in [0.3, 0.4) is 0 Å². The number of nitrogens with one attached hydrogen (secondary N) is 1. The fourth-order valence-electron chi connectivity index (χ4n) is 2.44. The minimum atomic E-state index is -3.52. The highest BCUT2D eigenvalue weighted by Crippen LogP contribution is 2.13. The van der Waals surface area contributed by atoms with Gasteiger partial charge in [-0.25, -0.2) is 13.1 Å². The van der Waals surface area contributed by atoms with Crippen molar-refractivity contribution in [2.24, 2.45) is 0 Å². The first-order valence-corrected chi connectivity index (χ1v) is 10.8. The van der Waals surface area contributed by atoms with Crippen molar-refractivity contribution in [2.75, 3.05) is 6.61 Å². The van der Waals surface area contributed by atoms with E-state index in [0.717, 1.165) is 17.5 Å². The largest absolute Gasteiger partial charge is 0.376 e. The molecule has 0 bridgehead atoms. The minimum Gasteiger partial charge on any atom is -0.376 e. The zero-order valence-electron chi connectivity index (χ0n) is 14.3. The molecule has 1 heterocycles. The summed E-state index contributed by atoms with van der Waals surface area (Å²) in [5.74, 6) is 0. The Morgan fingerprint density at radius 2 is 1.65 bits per heavy atom. The van der Waals surface area contributed by atoms with Crippen molar-refractivity contribution in [1.29, 1.82) is 0 Å². The van der Waals surface area contributed by atoms with Crippen LogP contribution < -0.4 is 4.72 Å². The highest BCUT2D eigenvalue weighted by molar-refractivity contribution is 7.89. The lowest BCUT2D eigenvalue weighted by Gasteiger charge is -2.08. The molecule has 6 heteroatoms. The number of rotatable bonds is 9. The van der Waals surface area contributed by atoms with Crippen LogP contribution in [-0.2, 0) is 34.3 Å². The van der Waals surface area contributed by atoms with Crippen LogP contribution in [0.1, 0.15) is 16.7 Å². The lowest BCUT2D eigenvalue weighted by molar-refractivity contribution is 0.124. The Hall–Kier alpha value is -1.99. The third kappa shape index (κ3) is 5.51. The van der Waals surface area contributed by atoms with Crippen LogP contribution in [0, 0.1) is 0 Å². The van der Waals surface area contributed by atoms with Crippen molar-refractivity contribution in [3.63, 3.8) is 0 Å². The van der Waals surface area contributed by atoms with Crippen molar-refractivity contribution < 1.29 is 13.2 Å². The first-order chi connectivity index (χ1) is 12.6. The lowest BCUT2D eigenvalue weighted by Crippen LogP contribution is -2.23. The van der Waals surface area contributed by atoms with E-state index in [1.807, 2.05) is 30.3 Å². The molecule has 0 aliphatic carbocycles. The van der Waals surface area contributed by atoms with Gasteiger partial charge in [0.2, 0.25) is 10.0 Å². The molecule has 0 fully saturated rings. The Bertz CT molecular complexity index is 890. The monoisotopic (exact) mass is 387 g/mol. The number of benzene rings is 2. The maximum absolute atomic E-state index is 12.4. The molecule has 0 spiro atoms. The summed E-state index contributed by atoms with van der Waals surface area (Å²) in [6, 6.07) is 18.4. The molecule has 0 saturated carbocycles. The molecule has 2 aromatic carbocycles. The van der Waals surface area contributed by atoms with E-state index in [0.29, 0.717) is 13.2 Å². The van der Waals surface area contributed by atoms with Crippen LogP contribution >= 0.6 is 11.3 Å². The van der Waals surface area contributed by atoms with Gasteiger partial charge in [-0.3, -0.25) is 0 Å². The molecule has 0 radical (unpaired) electrons. The van der Waals surface area contributed by atoms with Crippen molar-refractivity contribution in [3.8, 4) is 0 Å². The van der Waals surface area contributed by atoms with Gasteiger partial charge in [0.05, 0.1) is 18.1 Å². The van der Waals surface area contributed by atoms with E-state index in [9.17, 15) is 8.42 Å². The molecular formula is C20H21NO3S2. The smallest absolute Gasteiger partial charge is 0.240 e. The zero-order chi connectivity index (χ0) is 18.2. The van der Waals surface area contributed by atoms with Crippen LogP contribution in [0.4, 0.5) is 0 Å². The Morgan fingerprint density at radius 3 is 2.35 bits per heavy atom. The van der Waals surface area contributed by atoms with Crippen LogP contribution in [-0.4, -0.2) is 15.0 Å².